The first-order chi connectivity index (χ1) is 7.16. The van der Waals surface area contributed by atoms with Gasteiger partial charge in [0, 0.05) is 17.7 Å². The van der Waals surface area contributed by atoms with Gasteiger partial charge in [-0.15, -0.1) is 0 Å². The van der Waals surface area contributed by atoms with E-state index in [0.29, 0.717) is 6.42 Å². The van der Waals surface area contributed by atoms with Crippen molar-refractivity contribution in [1.82, 2.24) is 4.98 Å². The lowest BCUT2D eigenvalue weighted by Gasteiger charge is -2.07. The quantitative estimate of drug-likeness (QED) is 0.852. The molecule has 0 aliphatic carbocycles. The number of carboxylic acids is 1. The van der Waals surface area contributed by atoms with Crippen LogP contribution in [0.2, 0.25) is 0 Å². The third kappa shape index (κ3) is 2.31. The third-order valence-corrected chi connectivity index (χ3v) is 3.57. The number of rotatable bonds is 3. The molecule has 80 valence electrons. The molecule has 2 heterocycles. The second-order valence-electron chi connectivity index (χ2n) is 3.89. The standard InChI is InChI=1S/C11H13NO2S/c1-7(11(13)14)2-8-3-9-5-15-6-10(9)12-4-8/h3-4,7H,2,5-6H2,1H3,(H,13,14). The summed E-state index contributed by atoms with van der Waals surface area (Å²) in [6, 6.07) is 2.10. The zero-order valence-corrected chi connectivity index (χ0v) is 9.38. The molecular formula is C11H13NO2S. The van der Waals surface area contributed by atoms with E-state index in [0.717, 1.165) is 22.8 Å². The minimum Gasteiger partial charge on any atom is -0.481 e. The van der Waals surface area contributed by atoms with Crippen molar-refractivity contribution >= 4 is 17.7 Å². The van der Waals surface area contributed by atoms with Crippen LogP contribution in [0.3, 0.4) is 0 Å². The van der Waals surface area contributed by atoms with Crippen LogP contribution in [0.1, 0.15) is 23.7 Å². The van der Waals surface area contributed by atoms with Gasteiger partial charge in [-0.25, -0.2) is 0 Å². The van der Waals surface area contributed by atoms with E-state index in [1.54, 1.807) is 6.92 Å². The molecule has 0 fully saturated rings. The van der Waals surface area contributed by atoms with Gasteiger partial charge in [0.2, 0.25) is 0 Å². The first kappa shape index (κ1) is 10.5. The van der Waals surface area contributed by atoms with Crippen LogP contribution in [0.15, 0.2) is 12.3 Å². The van der Waals surface area contributed by atoms with E-state index in [9.17, 15) is 4.79 Å². The Labute approximate surface area is 92.9 Å². The minimum atomic E-state index is -0.745. The molecular weight excluding hydrogens is 210 g/mol. The minimum absolute atomic E-state index is 0.334. The van der Waals surface area contributed by atoms with E-state index in [2.05, 4.69) is 11.1 Å². The number of thioether (sulfide) groups is 1. The summed E-state index contributed by atoms with van der Waals surface area (Å²) in [6.45, 7) is 1.73. The van der Waals surface area contributed by atoms with E-state index in [1.165, 1.54) is 5.56 Å². The zero-order chi connectivity index (χ0) is 10.8. The van der Waals surface area contributed by atoms with E-state index < -0.39 is 5.97 Å². The largest absolute Gasteiger partial charge is 0.481 e. The second-order valence-corrected chi connectivity index (χ2v) is 4.87. The molecule has 1 aliphatic rings. The highest BCUT2D eigenvalue weighted by Crippen LogP contribution is 2.28. The van der Waals surface area contributed by atoms with Crippen LogP contribution in [-0.4, -0.2) is 16.1 Å². The number of aromatic nitrogens is 1. The molecule has 0 amide bonds. The fraction of sp³-hybridized carbons (Fsp3) is 0.455. The second kappa shape index (κ2) is 4.23. The number of aliphatic carboxylic acids is 1. The predicted octanol–water partition coefficient (Wildman–Crippen LogP) is 2.09. The van der Waals surface area contributed by atoms with Crippen LogP contribution in [0.25, 0.3) is 0 Å². The highest BCUT2D eigenvalue weighted by molar-refractivity contribution is 7.98. The highest BCUT2D eigenvalue weighted by atomic mass is 32.2. The van der Waals surface area contributed by atoms with Gasteiger partial charge in [0.1, 0.15) is 0 Å². The molecule has 1 atom stereocenters. The Morgan fingerprint density at radius 2 is 2.47 bits per heavy atom. The lowest BCUT2D eigenvalue weighted by atomic mass is 10.0. The summed E-state index contributed by atoms with van der Waals surface area (Å²) in [5.41, 5.74) is 3.47. The van der Waals surface area contributed by atoms with Gasteiger partial charge >= 0.3 is 5.97 Å². The molecule has 1 N–H and O–H groups in total. The maximum absolute atomic E-state index is 10.7. The summed E-state index contributed by atoms with van der Waals surface area (Å²) >= 11 is 1.86. The van der Waals surface area contributed by atoms with Crippen LogP contribution < -0.4 is 0 Å². The number of carboxylic acid groups (broad SMARTS) is 1. The van der Waals surface area contributed by atoms with Crippen LogP contribution in [0.5, 0.6) is 0 Å². The number of hydrogen-bond acceptors (Lipinski definition) is 3. The van der Waals surface area contributed by atoms with Crippen molar-refractivity contribution in [3.8, 4) is 0 Å². The summed E-state index contributed by atoms with van der Waals surface area (Å²) in [5.74, 6) is 0.922. The SMILES string of the molecule is CC(Cc1cnc2c(c1)CSC2)C(=O)O. The Balaban J connectivity index is 2.13. The number of nitrogens with zero attached hydrogens (tertiary/aromatic N) is 1. The van der Waals surface area contributed by atoms with Crippen molar-refractivity contribution in [1.29, 1.82) is 0 Å². The Bertz CT molecular complexity index is 392. The first-order valence-electron chi connectivity index (χ1n) is 4.94. The molecule has 0 bridgehead atoms. The summed E-state index contributed by atoms with van der Waals surface area (Å²) in [6.07, 6.45) is 2.38. The van der Waals surface area contributed by atoms with Crippen LogP contribution in [0.4, 0.5) is 0 Å². The fourth-order valence-corrected chi connectivity index (χ4v) is 2.68. The van der Waals surface area contributed by atoms with Crippen LogP contribution >= 0.6 is 11.8 Å². The van der Waals surface area contributed by atoms with Crippen molar-refractivity contribution in [3.63, 3.8) is 0 Å². The third-order valence-electron chi connectivity index (χ3n) is 2.58. The van der Waals surface area contributed by atoms with Gasteiger partial charge in [0.25, 0.3) is 0 Å². The molecule has 4 heteroatoms. The highest BCUT2D eigenvalue weighted by Gasteiger charge is 2.16. The maximum atomic E-state index is 10.7. The molecule has 1 aromatic heterocycles. The van der Waals surface area contributed by atoms with E-state index in [1.807, 2.05) is 18.0 Å². The van der Waals surface area contributed by atoms with E-state index in [-0.39, 0.29) is 5.92 Å². The van der Waals surface area contributed by atoms with Crippen molar-refractivity contribution in [3.05, 3.63) is 29.1 Å². The summed E-state index contributed by atoms with van der Waals surface area (Å²) in [4.78, 5) is 15.1. The van der Waals surface area contributed by atoms with Gasteiger partial charge in [-0.2, -0.15) is 11.8 Å². The fourth-order valence-electron chi connectivity index (χ4n) is 1.65. The Hall–Kier alpha value is -1.03. The van der Waals surface area contributed by atoms with E-state index in [4.69, 9.17) is 5.11 Å². The number of hydrogen-bond donors (Lipinski definition) is 1. The predicted molar refractivity (Wildman–Crippen MR) is 59.7 cm³/mol. The Morgan fingerprint density at radius 1 is 1.67 bits per heavy atom. The van der Waals surface area contributed by atoms with Gasteiger partial charge in [0.15, 0.2) is 0 Å². The lowest BCUT2D eigenvalue weighted by Crippen LogP contribution is -2.12. The van der Waals surface area contributed by atoms with Crippen LogP contribution in [0, 0.1) is 5.92 Å². The van der Waals surface area contributed by atoms with Gasteiger partial charge in [-0.05, 0) is 17.5 Å². The van der Waals surface area contributed by atoms with Crippen molar-refractivity contribution in [2.45, 2.75) is 24.9 Å². The normalized spacial score (nSPS) is 16.1. The average molecular weight is 223 g/mol. The molecule has 1 aromatic rings. The number of fused-ring (bicyclic) bond motifs is 1. The molecule has 1 aliphatic heterocycles. The summed E-state index contributed by atoms with van der Waals surface area (Å²) in [7, 11) is 0. The molecule has 0 radical (unpaired) electrons. The van der Waals surface area contributed by atoms with Gasteiger partial charge < -0.3 is 5.11 Å². The van der Waals surface area contributed by atoms with Gasteiger partial charge in [-0.3, -0.25) is 9.78 Å². The molecule has 0 saturated carbocycles. The molecule has 1 unspecified atom stereocenters. The topological polar surface area (TPSA) is 50.2 Å². The molecule has 0 aromatic carbocycles. The molecule has 15 heavy (non-hydrogen) atoms. The maximum Gasteiger partial charge on any atom is 0.306 e. The Kier molecular flexibility index (Phi) is 2.95. The zero-order valence-electron chi connectivity index (χ0n) is 8.56. The summed E-state index contributed by atoms with van der Waals surface area (Å²) < 4.78 is 0. The number of pyridine rings is 1. The summed E-state index contributed by atoms with van der Waals surface area (Å²) in [5, 5.41) is 8.81. The molecule has 2 rings (SSSR count). The first-order valence-corrected chi connectivity index (χ1v) is 6.09. The van der Waals surface area contributed by atoms with Crippen molar-refractivity contribution < 1.29 is 9.90 Å². The molecule has 0 spiro atoms. The van der Waals surface area contributed by atoms with Crippen LogP contribution in [-0.2, 0) is 22.7 Å². The van der Waals surface area contributed by atoms with E-state index >= 15 is 0 Å². The average Bonchev–Trinajstić information content (AvgIpc) is 2.64. The van der Waals surface area contributed by atoms with Gasteiger partial charge in [-0.1, -0.05) is 13.0 Å². The van der Waals surface area contributed by atoms with Crippen molar-refractivity contribution in [2.75, 3.05) is 0 Å². The lowest BCUT2D eigenvalue weighted by molar-refractivity contribution is -0.141. The molecule has 3 nitrogen and oxygen atoms in total. The smallest absolute Gasteiger partial charge is 0.306 e. The Morgan fingerprint density at radius 3 is 3.20 bits per heavy atom. The van der Waals surface area contributed by atoms with Gasteiger partial charge in [0.05, 0.1) is 11.6 Å². The van der Waals surface area contributed by atoms with Crippen molar-refractivity contribution in [2.24, 2.45) is 5.92 Å². The monoisotopic (exact) mass is 223 g/mol. The molecule has 0 saturated heterocycles. The number of carbonyl (C=O) groups is 1.